The van der Waals surface area contributed by atoms with Crippen LogP contribution in [0.5, 0.6) is 0 Å². The van der Waals surface area contributed by atoms with Gasteiger partial charge in [0.2, 0.25) is 0 Å². The number of carbonyl (C=O) groups excluding carboxylic acids is 1. The van der Waals surface area contributed by atoms with E-state index in [1.165, 1.54) is 19.3 Å². The number of ether oxygens (including phenoxy) is 1. The van der Waals surface area contributed by atoms with Crippen molar-refractivity contribution in [3.05, 3.63) is 0 Å². The highest BCUT2D eigenvalue weighted by atomic mass is 16.5. The second-order valence-corrected chi connectivity index (χ2v) is 5.71. The number of nitrogens with one attached hydrogen (secondary N) is 2. The van der Waals surface area contributed by atoms with Gasteiger partial charge in [0.1, 0.15) is 0 Å². The molecular weight excluding hydrogens is 216 g/mol. The molecule has 0 aromatic carbocycles. The number of urea groups is 1. The Kier molecular flexibility index (Phi) is 2.77. The monoisotopic (exact) mass is 238 g/mol. The number of rotatable bonds is 4. The van der Waals surface area contributed by atoms with Gasteiger partial charge in [0, 0.05) is 24.1 Å². The lowest BCUT2D eigenvalue weighted by Gasteiger charge is -2.60. The molecule has 2 amide bonds. The molecule has 0 aliphatic heterocycles. The van der Waals surface area contributed by atoms with Gasteiger partial charge < -0.3 is 15.4 Å². The van der Waals surface area contributed by atoms with Crippen molar-refractivity contribution < 1.29 is 9.53 Å². The Morgan fingerprint density at radius 1 is 1.35 bits per heavy atom. The first-order valence-electron chi connectivity index (χ1n) is 6.93. The van der Waals surface area contributed by atoms with Gasteiger partial charge in [0.25, 0.3) is 0 Å². The lowest BCUT2D eigenvalue weighted by atomic mass is 9.51. The van der Waals surface area contributed by atoms with Crippen LogP contribution in [0.1, 0.15) is 45.4 Å². The molecule has 3 fully saturated rings. The Hall–Kier alpha value is -0.770. The zero-order chi connectivity index (χ0) is 11.9. The molecule has 1 spiro atoms. The van der Waals surface area contributed by atoms with Gasteiger partial charge in [-0.15, -0.1) is 0 Å². The molecule has 0 heterocycles. The first-order valence-corrected chi connectivity index (χ1v) is 6.93. The van der Waals surface area contributed by atoms with Crippen molar-refractivity contribution in [3.63, 3.8) is 0 Å². The summed E-state index contributed by atoms with van der Waals surface area (Å²) in [7, 11) is 0. The Balaban J connectivity index is 1.52. The zero-order valence-electron chi connectivity index (χ0n) is 10.5. The van der Waals surface area contributed by atoms with Crippen molar-refractivity contribution >= 4 is 6.03 Å². The number of hydrogen-bond acceptors (Lipinski definition) is 2. The summed E-state index contributed by atoms with van der Waals surface area (Å²) >= 11 is 0. The summed E-state index contributed by atoms with van der Waals surface area (Å²) in [5, 5.41) is 6.13. The highest BCUT2D eigenvalue weighted by Gasteiger charge is 2.59. The molecule has 4 nitrogen and oxygen atoms in total. The molecule has 4 heteroatoms. The van der Waals surface area contributed by atoms with Crippen LogP contribution in [-0.2, 0) is 4.74 Å². The van der Waals surface area contributed by atoms with E-state index in [1.54, 1.807) is 0 Å². The maximum Gasteiger partial charge on any atom is 0.315 e. The molecule has 0 radical (unpaired) electrons. The Morgan fingerprint density at radius 3 is 2.65 bits per heavy atom. The largest absolute Gasteiger partial charge is 0.378 e. The van der Waals surface area contributed by atoms with Crippen LogP contribution in [0.25, 0.3) is 0 Å². The molecule has 0 aromatic heterocycles. The first-order chi connectivity index (χ1) is 8.24. The molecule has 0 aromatic rings. The molecule has 0 unspecified atom stereocenters. The highest BCUT2D eigenvalue weighted by molar-refractivity contribution is 5.75. The minimum absolute atomic E-state index is 0.0266. The van der Waals surface area contributed by atoms with Gasteiger partial charge in [0.05, 0.1) is 6.10 Å². The predicted octanol–water partition coefficient (Wildman–Crippen LogP) is 1.80. The molecule has 0 bridgehead atoms. The van der Waals surface area contributed by atoms with Crippen LogP contribution < -0.4 is 10.6 Å². The Morgan fingerprint density at radius 2 is 2.12 bits per heavy atom. The Labute approximate surface area is 102 Å². The second-order valence-electron chi connectivity index (χ2n) is 5.71. The van der Waals surface area contributed by atoms with E-state index in [-0.39, 0.29) is 11.4 Å². The SMILES string of the molecule is CCO[C@H]1C[C@H](NC(=O)NC2CC2)C12CCC2. The molecule has 2 N–H and O–H groups in total. The van der Waals surface area contributed by atoms with Crippen molar-refractivity contribution in [1.29, 1.82) is 0 Å². The van der Waals surface area contributed by atoms with Gasteiger partial charge in [-0.1, -0.05) is 6.42 Å². The minimum atomic E-state index is 0.0266. The molecule has 0 saturated heterocycles. The fourth-order valence-electron chi connectivity index (χ4n) is 3.25. The molecule has 3 aliphatic carbocycles. The third-order valence-corrected chi connectivity index (χ3v) is 4.66. The van der Waals surface area contributed by atoms with E-state index < -0.39 is 0 Å². The maximum absolute atomic E-state index is 11.7. The van der Waals surface area contributed by atoms with E-state index in [9.17, 15) is 4.79 Å². The van der Waals surface area contributed by atoms with Crippen molar-refractivity contribution in [3.8, 4) is 0 Å². The maximum atomic E-state index is 11.7. The van der Waals surface area contributed by atoms with Crippen LogP contribution in [0, 0.1) is 5.41 Å². The Bertz CT molecular complexity index is 311. The first kappa shape index (κ1) is 11.3. The minimum Gasteiger partial charge on any atom is -0.378 e. The van der Waals surface area contributed by atoms with Gasteiger partial charge in [0.15, 0.2) is 0 Å². The summed E-state index contributed by atoms with van der Waals surface area (Å²) in [5.74, 6) is 0. The summed E-state index contributed by atoms with van der Waals surface area (Å²) in [4.78, 5) is 11.7. The summed E-state index contributed by atoms with van der Waals surface area (Å²) in [6, 6.07) is 0.806. The van der Waals surface area contributed by atoms with Crippen molar-refractivity contribution in [1.82, 2.24) is 10.6 Å². The predicted molar refractivity (Wildman–Crippen MR) is 64.8 cm³/mol. The molecule has 96 valence electrons. The smallest absolute Gasteiger partial charge is 0.315 e. The average Bonchev–Trinajstić information content (AvgIpc) is 2.97. The van der Waals surface area contributed by atoms with Crippen molar-refractivity contribution in [2.24, 2.45) is 5.41 Å². The molecule has 17 heavy (non-hydrogen) atoms. The van der Waals surface area contributed by atoms with Crippen LogP contribution in [0.2, 0.25) is 0 Å². The fourth-order valence-corrected chi connectivity index (χ4v) is 3.25. The van der Waals surface area contributed by atoms with Crippen LogP contribution in [0.3, 0.4) is 0 Å². The fraction of sp³-hybridized carbons (Fsp3) is 0.923. The van der Waals surface area contributed by atoms with Gasteiger partial charge >= 0.3 is 6.03 Å². The van der Waals surface area contributed by atoms with E-state index in [4.69, 9.17) is 4.74 Å². The van der Waals surface area contributed by atoms with Gasteiger partial charge in [-0.3, -0.25) is 0 Å². The lowest BCUT2D eigenvalue weighted by Crippen LogP contribution is -2.68. The van der Waals surface area contributed by atoms with Gasteiger partial charge in [-0.05, 0) is 39.0 Å². The molecule has 2 atom stereocenters. The summed E-state index contributed by atoms with van der Waals surface area (Å²) in [6.07, 6.45) is 7.37. The van der Waals surface area contributed by atoms with Crippen LogP contribution >= 0.6 is 0 Å². The molecule has 3 rings (SSSR count). The van der Waals surface area contributed by atoms with Gasteiger partial charge in [-0.25, -0.2) is 4.79 Å². The van der Waals surface area contributed by atoms with Gasteiger partial charge in [-0.2, -0.15) is 0 Å². The van der Waals surface area contributed by atoms with E-state index in [0.29, 0.717) is 18.2 Å². The second kappa shape index (κ2) is 4.16. The summed E-state index contributed by atoms with van der Waals surface area (Å²) < 4.78 is 5.77. The van der Waals surface area contributed by atoms with E-state index in [2.05, 4.69) is 10.6 Å². The van der Waals surface area contributed by atoms with Crippen LogP contribution in [0.4, 0.5) is 4.79 Å². The average molecular weight is 238 g/mol. The lowest BCUT2D eigenvalue weighted by molar-refractivity contribution is -0.169. The van der Waals surface area contributed by atoms with E-state index in [0.717, 1.165) is 25.9 Å². The van der Waals surface area contributed by atoms with Crippen molar-refractivity contribution in [2.75, 3.05) is 6.61 Å². The summed E-state index contributed by atoms with van der Waals surface area (Å²) in [6.45, 7) is 2.83. The number of amides is 2. The zero-order valence-corrected chi connectivity index (χ0v) is 10.5. The van der Waals surface area contributed by atoms with Crippen molar-refractivity contribution in [2.45, 2.75) is 63.6 Å². The number of carbonyl (C=O) groups is 1. The third-order valence-electron chi connectivity index (χ3n) is 4.66. The number of hydrogen-bond donors (Lipinski definition) is 2. The molecular formula is C13H22N2O2. The third kappa shape index (κ3) is 1.92. The topological polar surface area (TPSA) is 50.4 Å². The van der Waals surface area contributed by atoms with Crippen LogP contribution in [0.15, 0.2) is 0 Å². The standard InChI is InChI=1S/C13H22N2O2/c1-2-17-11-8-10(13(11)6-3-7-13)15-12(16)14-9-4-5-9/h9-11H,2-8H2,1H3,(H2,14,15,16)/t10-,11-/m0/s1. The van der Waals surface area contributed by atoms with E-state index in [1.807, 2.05) is 6.92 Å². The van der Waals surface area contributed by atoms with Crippen LogP contribution in [-0.4, -0.2) is 30.8 Å². The molecule has 3 aliphatic rings. The molecule has 3 saturated carbocycles. The van der Waals surface area contributed by atoms with E-state index >= 15 is 0 Å². The summed E-state index contributed by atoms with van der Waals surface area (Å²) in [5.41, 5.74) is 0.275. The highest BCUT2D eigenvalue weighted by Crippen LogP contribution is 2.57. The normalized spacial score (nSPS) is 33.7. The quantitative estimate of drug-likeness (QED) is 0.784.